The Hall–Kier alpha value is -0.910. The molecule has 1 saturated carbocycles. The average molecular weight is 280 g/mol. The van der Waals surface area contributed by atoms with E-state index in [1.54, 1.807) is 0 Å². The van der Waals surface area contributed by atoms with Crippen LogP contribution < -0.4 is 0 Å². The molecule has 1 saturated heterocycles. The van der Waals surface area contributed by atoms with Crippen molar-refractivity contribution in [3.05, 3.63) is 17.5 Å². The van der Waals surface area contributed by atoms with E-state index >= 15 is 0 Å². The third kappa shape index (κ3) is 2.62. The highest BCUT2D eigenvalue weighted by atomic mass is 16.7. The summed E-state index contributed by atoms with van der Waals surface area (Å²) in [6.45, 7) is 3.46. The van der Waals surface area contributed by atoms with E-state index in [0.717, 1.165) is 43.5 Å². The molecule has 0 aromatic carbocycles. The van der Waals surface area contributed by atoms with E-state index in [0.29, 0.717) is 19.6 Å². The van der Waals surface area contributed by atoms with Gasteiger partial charge in [0.25, 0.3) is 0 Å². The highest BCUT2D eigenvalue weighted by molar-refractivity contribution is 5.13. The molecule has 5 heteroatoms. The van der Waals surface area contributed by atoms with Crippen molar-refractivity contribution in [1.29, 1.82) is 0 Å². The Bertz CT molecular complexity index is 467. The van der Waals surface area contributed by atoms with Gasteiger partial charge in [0, 0.05) is 32.0 Å². The fourth-order valence-electron chi connectivity index (χ4n) is 3.31. The van der Waals surface area contributed by atoms with Crippen molar-refractivity contribution in [3.8, 4) is 0 Å². The summed E-state index contributed by atoms with van der Waals surface area (Å²) in [6.07, 6.45) is 4.59. The topological polar surface area (TPSA) is 56.5 Å². The molecule has 1 aliphatic carbocycles. The first-order valence-corrected chi connectivity index (χ1v) is 7.56. The van der Waals surface area contributed by atoms with Crippen LogP contribution in [0.4, 0.5) is 0 Å². The lowest BCUT2D eigenvalue weighted by molar-refractivity contribution is -0.202. The SMILES string of the molecule is CCc1cc(CC2(O)CCC3(CC2)OCCO3)n(C)n1. The summed E-state index contributed by atoms with van der Waals surface area (Å²) in [5, 5.41) is 15.3. The third-order valence-corrected chi connectivity index (χ3v) is 4.66. The van der Waals surface area contributed by atoms with E-state index in [-0.39, 0.29) is 0 Å². The van der Waals surface area contributed by atoms with E-state index in [1.165, 1.54) is 0 Å². The van der Waals surface area contributed by atoms with E-state index < -0.39 is 11.4 Å². The second kappa shape index (κ2) is 5.13. The number of aromatic nitrogens is 2. The standard InChI is InChI=1S/C15H24N2O3/c1-3-12-10-13(17(2)16-12)11-14(18)4-6-15(7-5-14)19-8-9-20-15/h10,18H,3-9,11H2,1-2H3. The monoisotopic (exact) mass is 280 g/mol. The van der Waals surface area contributed by atoms with Crippen LogP contribution in [0.15, 0.2) is 6.07 Å². The van der Waals surface area contributed by atoms with Crippen LogP contribution in [-0.2, 0) is 29.4 Å². The molecule has 1 aliphatic heterocycles. The lowest BCUT2D eigenvalue weighted by Gasteiger charge is -2.40. The van der Waals surface area contributed by atoms with Gasteiger partial charge in [0.05, 0.1) is 24.5 Å². The second-order valence-corrected chi connectivity index (χ2v) is 6.11. The zero-order valence-electron chi connectivity index (χ0n) is 12.4. The Morgan fingerprint density at radius 1 is 1.25 bits per heavy atom. The zero-order chi connectivity index (χ0) is 14.2. The van der Waals surface area contributed by atoms with E-state index in [2.05, 4.69) is 18.1 Å². The van der Waals surface area contributed by atoms with Gasteiger partial charge in [0.1, 0.15) is 0 Å². The maximum absolute atomic E-state index is 10.8. The third-order valence-electron chi connectivity index (χ3n) is 4.66. The molecule has 0 unspecified atom stereocenters. The number of nitrogens with zero attached hydrogens (tertiary/aromatic N) is 2. The summed E-state index contributed by atoms with van der Waals surface area (Å²) >= 11 is 0. The van der Waals surface area contributed by atoms with Crippen LogP contribution in [0.25, 0.3) is 0 Å². The fraction of sp³-hybridized carbons (Fsp3) is 0.800. The molecular formula is C15H24N2O3. The summed E-state index contributed by atoms with van der Waals surface area (Å²) in [6, 6.07) is 2.10. The minimum absolute atomic E-state index is 0.409. The molecule has 2 fully saturated rings. The maximum atomic E-state index is 10.8. The number of ether oxygens (including phenoxy) is 2. The van der Waals surface area contributed by atoms with Gasteiger partial charge in [0.15, 0.2) is 5.79 Å². The van der Waals surface area contributed by atoms with Gasteiger partial charge in [-0.1, -0.05) is 6.92 Å². The molecule has 112 valence electrons. The molecule has 1 spiro atoms. The fourth-order valence-corrected chi connectivity index (χ4v) is 3.31. The first-order chi connectivity index (χ1) is 9.54. The van der Waals surface area contributed by atoms with Crippen LogP contribution in [0.1, 0.15) is 44.0 Å². The molecule has 2 aliphatic rings. The second-order valence-electron chi connectivity index (χ2n) is 6.11. The van der Waals surface area contributed by atoms with Gasteiger partial charge in [-0.2, -0.15) is 5.10 Å². The Labute approximate surface area is 119 Å². The largest absolute Gasteiger partial charge is 0.389 e. The van der Waals surface area contributed by atoms with Crippen LogP contribution in [0.2, 0.25) is 0 Å². The predicted octanol–water partition coefficient (Wildman–Crippen LogP) is 1.57. The van der Waals surface area contributed by atoms with Crippen LogP contribution in [0.3, 0.4) is 0 Å². The van der Waals surface area contributed by atoms with Gasteiger partial charge in [-0.3, -0.25) is 4.68 Å². The van der Waals surface area contributed by atoms with E-state index in [4.69, 9.17) is 9.47 Å². The Kier molecular flexibility index (Phi) is 3.60. The molecule has 0 bridgehead atoms. The first-order valence-electron chi connectivity index (χ1n) is 7.56. The van der Waals surface area contributed by atoms with Gasteiger partial charge < -0.3 is 14.6 Å². The number of hydrogen-bond acceptors (Lipinski definition) is 4. The molecule has 1 aromatic rings. The van der Waals surface area contributed by atoms with Crippen molar-refractivity contribution in [2.45, 2.75) is 56.8 Å². The molecule has 1 aromatic heterocycles. The Balaban J connectivity index is 1.66. The molecule has 2 heterocycles. The van der Waals surface area contributed by atoms with Crippen molar-refractivity contribution >= 4 is 0 Å². The minimum atomic E-state index is -0.653. The molecule has 20 heavy (non-hydrogen) atoms. The summed E-state index contributed by atoms with van der Waals surface area (Å²) in [5.74, 6) is -0.409. The van der Waals surface area contributed by atoms with Crippen molar-refractivity contribution in [1.82, 2.24) is 9.78 Å². The first kappa shape index (κ1) is 14.0. The highest BCUT2D eigenvalue weighted by Crippen LogP contribution is 2.41. The molecule has 0 radical (unpaired) electrons. The molecule has 3 rings (SSSR count). The van der Waals surface area contributed by atoms with Gasteiger partial charge in [-0.15, -0.1) is 0 Å². The van der Waals surface area contributed by atoms with Gasteiger partial charge in [-0.25, -0.2) is 0 Å². The van der Waals surface area contributed by atoms with Gasteiger partial charge in [0.2, 0.25) is 0 Å². The smallest absolute Gasteiger partial charge is 0.168 e. The zero-order valence-corrected chi connectivity index (χ0v) is 12.4. The lowest BCUT2D eigenvalue weighted by Crippen LogP contribution is -2.45. The van der Waals surface area contributed by atoms with Crippen molar-refractivity contribution in [2.75, 3.05) is 13.2 Å². The molecular weight excluding hydrogens is 256 g/mol. The molecule has 1 N–H and O–H groups in total. The van der Waals surface area contributed by atoms with Gasteiger partial charge in [-0.05, 0) is 25.3 Å². The van der Waals surface area contributed by atoms with E-state index in [9.17, 15) is 5.11 Å². The summed E-state index contributed by atoms with van der Waals surface area (Å²) in [7, 11) is 1.95. The summed E-state index contributed by atoms with van der Waals surface area (Å²) in [4.78, 5) is 0. The number of hydrogen-bond donors (Lipinski definition) is 1. The number of aliphatic hydroxyl groups is 1. The lowest BCUT2D eigenvalue weighted by atomic mass is 9.78. The van der Waals surface area contributed by atoms with Crippen LogP contribution in [-0.4, -0.2) is 39.5 Å². The van der Waals surface area contributed by atoms with Crippen molar-refractivity contribution < 1.29 is 14.6 Å². The summed E-state index contributed by atoms with van der Waals surface area (Å²) < 4.78 is 13.3. The normalized spacial score (nSPS) is 24.4. The van der Waals surface area contributed by atoms with Crippen LogP contribution >= 0.6 is 0 Å². The van der Waals surface area contributed by atoms with E-state index in [1.807, 2.05) is 11.7 Å². The molecule has 0 atom stereocenters. The van der Waals surface area contributed by atoms with Crippen molar-refractivity contribution in [2.24, 2.45) is 7.05 Å². The maximum Gasteiger partial charge on any atom is 0.168 e. The Morgan fingerprint density at radius 3 is 2.45 bits per heavy atom. The van der Waals surface area contributed by atoms with Gasteiger partial charge >= 0.3 is 0 Å². The van der Waals surface area contributed by atoms with Crippen molar-refractivity contribution in [3.63, 3.8) is 0 Å². The predicted molar refractivity (Wildman–Crippen MR) is 74.3 cm³/mol. The summed E-state index contributed by atoms with van der Waals surface area (Å²) in [5.41, 5.74) is 1.54. The average Bonchev–Trinajstić information content (AvgIpc) is 3.02. The number of aryl methyl sites for hydroxylation is 2. The van der Waals surface area contributed by atoms with Crippen LogP contribution in [0.5, 0.6) is 0 Å². The quantitative estimate of drug-likeness (QED) is 0.913. The minimum Gasteiger partial charge on any atom is -0.389 e. The Morgan fingerprint density at radius 2 is 1.90 bits per heavy atom. The molecule has 0 amide bonds. The highest BCUT2D eigenvalue weighted by Gasteiger charge is 2.45. The van der Waals surface area contributed by atoms with Crippen LogP contribution in [0, 0.1) is 0 Å². The number of rotatable bonds is 3. The molecule has 5 nitrogen and oxygen atoms in total.